The Morgan fingerprint density at radius 1 is 1.11 bits per heavy atom. The molecule has 1 atom stereocenters. The van der Waals surface area contributed by atoms with Gasteiger partial charge in [0, 0.05) is 12.1 Å². The highest BCUT2D eigenvalue weighted by Crippen LogP contribution is 2.37. The predicted molar refractivity (Wildman–Crippen MR) is 102 cm³/mol. The maximum atomic E-state index is 12.9. The van der Waals surface area contributed by atoms with E-state index in [-0.39, 0.29) is 12.3 Å². The fraction of sp³-hybridized carbons (Fsp3) is 0.333. The molecule has 0 aliphatic carbocycles. The molecule has 0 aromatic heterocycles. The quantitative estimate of drug-likeness (QED) is 0.776. The Hall–Kier alpha value is -3.02. The average molecular weight is 368 g/mol. The number of benzene rings is 2. The van der Waals surface area contributed by atoms with Gasteiger partial charge in [0.15, 0.2) is 11.5 Å². The van der Waals surface area contributed by atoms with Gasteiger partial charge in [-0.25, -0.2) is 0 Å². The summed E-state index contributed by atoms with van der Waals surface area (Å²) in [5.41, 5.74) is 7.90. The van der Waals surface area contributed by atoms with Gasteiger partial charge in [-0.3, -0.25) is 9.59 Å². The second-order valence-corrected chi connectivity index (χ2v) is 6.35. The van der Waals surface area contributed by atoms with Crippen molar-refractivity contribution in [1.82, 2.24) is 4.90 Å². The van der Waals surface area contributed by atoms with Crippen molar-refractivity contribution < 1.29 is 19.1 Å². The standard InChI is InChI=1S/C21H24N2O4/c1-3-26-18-10-9-14(11-19(18)27-4-2)17(12-20(22)24)23-13-15-7-5-6-8-16(15)21(23)25/h5-11,17H,3-4,12-13H2,1-2H3,(H2,22,24). The van der Waals surface area contributed by atoms with Crippen LogP contribution in [0.4, 0.5) is 0 Å². The third-order valence-electron chi connectivity index (χ3n) is 4.57. The van der Waals surface area contributed by atoms with Crippen molar-refractivity contribution in [2.45, 2.75) is 32.9 Å². The molecule has 0 bridgehead atoms. The van der Waals surface area contributed by atoms with E-state index in [9.17, 15) is 9.59 Å². The molecule has 0 saturated heterocycles. The number of carbonyl (C=O) groups excluding carboxylic acids is 2. The third-order valence-corrected chi connectivity index (χ3v) is 4.57. The van der Waals surface area contributed by atoms with Crippen molar-refractivity contribution in [1.29, 1.82) is 0 Å². The molecule has 0 radical (unpaired) electrons. The Balaban J connectivity index is 1.97. The lowest BCUT2D eigenvalue weighted by molar-refractivity contribution is -0.119. The van der Waals surface area contributed by atoms with Gasteiger partial charge < -0.3 is 20.1 Å². The lowest BCUT2D eigenvalue weighted by Crippen LogP contribution is -2.32. The van der Waals surface area contributed by atoms with Gasteiger partial charge in [0.05, 0.1) is 25.7 Å². The molecule has 27 heavy (non-hydrogen) atoms. The lowest BCUT2D eigenvalue weighted by atomic mass is 10.0. The minimum absolute atomic E-state index is 0.0409. The van der Waals surface area contributed by atoms with Gasteiger partial charge in [0.2, 0.25) is 5.91 Å². The van der Waals surface area contributed by atoms with E-state index >= 15 is 0 Å². The Labute approximate surface area is 158 Å². The molecule has 2 amide bonds. The number of ether oxygens (including phenoxy) is 2. The summed E-state index contributed by atoms with van der Waals surface area (Å²) < 4.78 is 11.3. The first-order valence-corrected chi connectivity index (χ1v) is 9.11. The number of rotatable bonds is 8. The van der Waals surface area contributed by atoms with Gasteiger partial charge in [-0.05, 0) is 43.2 Å². The number of nitrogens with zero attached hydrogens (tertiary/aromatic N) is 1. The minimum atomic E-state index is -0.462. The number of amides is 2. The van der Waals surface area contributed by atoms with E-state index in [4.69, 9.17) is 15.2 Å². The fourth-order valence-corrected chi connectivity index (χ4v) is 3.40. The smallest absolute Gasteiger partial charge is 0.255 e. The maximum Gasteiger partial charge on any atom is 0.255 e. The summed E-state index contributed by atoms with van der Waals surface area (Å²) in [6, 6.07) is 12.5. The summed E-state index contributed by atoms with van der Waals surface area (Å²) in [6.45, 7) is 5.25. The Kier molecular flexibility index (Phi) is 5.64. The monoisotopic (exact) mass is 368 g/mol. The Morgan fingerprint density at radius 3 is 2.48 bits per heavy atom. The van der Waals surface area contributed by atoms with Crippen molar-refractivity contribution in [3.05, 3.63) is 59.2 Å². The highest BCUT2D eigenvalue weighted by Gasteiger charge is 2.34. The summed E-state index contributed by atoms with van der Waals surface area (Å²) in [4.78, 5) is 26.3. The summed E-state index contributed by atoms with van der Waals surface area (Å²) >= 11 is 0. The summed E-state index contributed by atoms with van der Waals surface area (Å²) in [6.07, 6.45) is 0.0409. The van der Waals surface area contributed by atoms with Crippen LogP contribution in [0.15, 0.2) is 42.5 Å². The van der Waals surface area contributed by atoms with Crippen LogP contribution in [-0.2, 0) is 11.3 Å². The molecule has 0 saturated carbocycles. The molecule has 3 rings (SSSR count). The fourth-order valence-electron chi connectivity index (χ4n) is 3.40. The largest absolute Gasteiger partial charge is 0.490 e. The molecule has 2 aromatic rings. The van der Waals surface area contributed by atoms with Gasteiger partial charge in [0.25, 0.3) is 5.91 Å². The second kappa shape index (κ2) is 8.12. The molecule has 1 aliphatic heterocycles. The molecule has 0 spiro atoms. The highest BCUT2D eigenvalue weighted by atomic mass is 16.5. The molecule has 2 N–H and O–H groups in total. The van der Waals surface area contributed by atoms with Crippen molar-refractivity contribution in [2.24, 2.45) is 5.73 Å². The zero-order valence-corrected chi connectivity index (χ0v) is 15.6. The van der Waals surface area contributed by atoms with Crippen molar-refractivity contribution in [3.8, 4) is 11.5 Å². The van der Waals surface area contributed by atoms with E-state index in [1.54, 1.807) is 4.90 Å². The average Bonchev–Trinajstić information content (AvgIpc) is 2.98. The molecule has 6 heteroatoms. The number of hydrogen-bond donors (Lipinski definition) is 1. The lowest BCUT2D eigenvalue weighted by Gasteiger charge is -2.28. The summed E-state index contributed by atoms with van der Waals surface area (Å²) in [5, 5.41) is 0. The number of carbonyl (C=O) groups is 2. The molecule has 142 valence electrons. The van der Waals surface area contributed by atoms with Crippen LogP contribution in [-0.4, -0.2) is 29.9 Å². The van der Waals surface area contributed by atoms with Gasteiger partial charge in [0.1, 0.15) is 0 Å². The van der Waals surface area contributed by atoms with Crippen LogP contribution in [0.2, 0.25) is 0 Å². The zero-order valence-electron chi connectivity index (χ0n) is 15.6. The van der Waals surface area contributed by atoms with Gasteiger partial charge in [-0.1, -0.05) is 24.3 Å². The van der Waals surface area contributed by atoms with Crippen LogP contribution in [0.5, 0.6) is 11.5 Å². The van der Waals surface area contributed by atoms with E-state index in [0.29, 0.717) is 36.8 Å². The van der Waals surface area contributed by atoms with Crippen molar-refractivity contribution in [2.75, 3.05) is 13.2 Å². The molecule has 1 heterocycles. The van der Waals surface area contributed by atoms with Gasteiger partial charge in [-0.15, -0.1) is 0 Å². The second-order valence-electron chi connectivity index (χ2n) is 6.35. The predicted octanol–water partition coefficient (Wildman–Crippen LogP) is 3.06. The molecule has 2 aromatic carbocycles. The molecule has 0 fully saturated rings. The number of fused-ring (bicyclic) bond motifs is 1. The van der Waals surface area contributed by atoms with E-state index in [1.807, 2.05) is 56.3 Å². The minimum Gasteiger partial charge on any atom is -0.490 e. The first kappa shape index (κ1) is 18.8. The van der Waals surface area contributed by atoms with Crippen LogP contribution < -0.4 is 15.2 Å². The zero-order chi connectivity index (χ0) is 19.4. The highest BCUT2D eigenvalue weighted by molar-refractivity contribution is 5.98. The van der Waals surface area contributed by atoms with Crippen LogP contribution in [0.25, 0.3) is 0 Å². The molecule has 1 aliphatic rings. The van der Waals surface area contributed by atoms with Crippen LogP contribution in [0.1, 0.15) is 47.8 Å². The van der Waals surface area contributed by atoms with E-state index < -0.39 is 11.9 Å². The van der Waals surface area contributed by atoms with Gasteiger partial charge in [-0.2, -0.15) is 0 Å². The molecule has 1 unspecified atom stereocenters. The maximum absolute atomic E-state index is 12.9. The molecular weight excluding hydrogens is 344 g/mol. The van der Waals surface area contributed by atoms with Crippen molar-refractivity contribution >= 4 is 11.8 Å². The van der Waals surface area contributed by atoms with Gasteiger partial charge >= 0.3 is 0 Å². The normalized spacial score (nSPS) is 14.0. The van der Waals surface area contributed by atoms with E-state index in [2.05, 4.69) is 0 Å². The van der Waals surface area contributed by atoms with Crippen LogP contribution >= 0.6 is 0 Å². The number of primary amides is 1. The van der Waals surface area contributed by atoms with E-state index in [1.165, 1.54) is 0 Å². The van der Waals surface area contributed by atoms with Crippen LogP contribution in [0, 0.1) is 0 Å². The van der Waals surface area contributed by atoms with Crippen molar-refractivity contribution in [3.63, 3.8) is 0 Å². The third kappa shape index (κ3) is 3.89. The Morgan fingerprint density at radius 2 is 1.81 bits per heavy atom. The summed E-state index contributed by atoms with van der Waals surface area (Å²) in [7, 11) is 0. The topological polar surface area (TPSA) is 81.9 Å². The number of nitrogens with two attached hydrogens (primary N) is 1. The molecule has 6 nitrogen and oxygen atoms in total. The van der Waals surface area contributed by atoms with E-state index in [0.717, 1.165) is 11.1 Å². The first-order valence-electron chi connectivity index (χ1n) is 9.11. The first-order chi connectivity index (χ1) is 13.0. The van der Waals surface area contributed by atoms with Crippen LogP contribution in [0.3, 0.4) is 0 Å². The Bertz CT molecular complexity index is 850. The number of hydrogen-bond acceptors (Lipinski definition) is 4. The summed E-state index contributed by atoms with van der Waals surface area (Å²) in [5.74, 6) is 0.673. The SMILES string of the molecule is CCOc1ccc(C(CC(N)=O)N2Cc3ccccc3C2=O)cc1OCC. The molecular formula is C21H24N2O4.